The lowest BCUT2D eigenvalue weighted by molar-refractivity contribution is -0.155. The van der Waals surface area contributed by atoms with Gasteiger partial charge in [0.2, 0.25) is 0 Å². The van der Waals surface area contributed by atoms with Gasteiger partial charge in [-0.05, 0) is 30.7 Å². The predicted octanol–water partition coefficient (Wildman–Crippen LogP) is 2.46. The minimum atomic E-state index is -0.599. The van der Waals surface area contributed by atoms with Crippen LogP contribution in [0.1, 0.15) is 12.5 Å². The maximum atomic E-state index is 11.2. The van der Waals surface area contributed by atoms with Crippen LogP contribution < -0.4 is 0 Å². The highest BCUT2D eigenvalue weighted by Gasteiger charge is 2.04. The molecule has 0 spiro atoms. The molecule has 0 saturated heterocycles. The number of ether oxygens (including phenoxy) is 2. The lowest BCUT2D eigenvalue weighted by Crippen LogP contribution is -2.14. The molecule has 96 valence electrons. The first kappa shape index (κ1) is 14.3. The van der Waals surface area contributed by atoms with Gasteiger partial charge < -0.3 is 9.47 Å². The molecule has 1 aromatic carbocycles. The van der Waals surface area contributed by atoms with Gasteiger partial charge in [0.05, 0.1) is 6.61 Å². The van der Waals surface area contributed by atoms with Crippen LogP contribution in [0, 0.1) is 0 Å². The Labute approximate surface area is 110 Å². The highest BCUT2D eigenvalue weighted by atomic mass is 35.5. The van der Waals surface area contributed by atoms with Crippen molar-refractivity contribution >= 4 is 29.6 Å². The third-order valence-corrected chi connectivity index (χ3v) is 2.17. The summed E-state index contributed by atoms with van der Waals surface area (Å²) in [5.41, 5.74) is 0.812. The molecule has 0 bridgehead atoms. The molecule has 0 N–H and O–H groups in total. The molecule has 1 aromatic rings. The van der Waals surface area contributed by atoms with Gasteiger partial charge in [-0.3, -0.25) is 0 Å². The van der Waals surface area contributed by atoms with Gasteiger partial charge in [-0.25, -0.2) is 9.59 Å². The van der Waals surface area contributed by atoms with E-state index in [9.17, 15) is 9.59 Å². The Morgan fingerprint density at radius 3 is 2.50 bits per heavy atom. The third kappa shape index (κ3) is 5.50. The van der Waals surface area contributed by atoms with Gasteiger partial charge >= 0.3 is 11.9 Å². The normalized spacial score (nSPS) is 10.3. The number of halogens is 1. The molecule has 0 aromatic heterocycles. The van der Waals surface area contributed by atoms with E-state index in [0.29, 0.717) is 5.02 Å². The summed E-state index contributed by atoms with van der Waals surface area (Å²) in [6.45, 7) is 1.56. The van der Waals surface area contributed by atoms with E-state index in [1.807, 2.05) is 0 Å². The SMILES string of the molecule is CCOC(=O)COC(=O)C=Cc1ccc(Cl)cc1. The summed E-state index contributed by atoms with van der Waals surface area (Å²) in [5.74, 6) is -1.16. The minimum Gasteiger partial charge on any atom is -0.463 e. The van der Waals surface area contributed by atoms with Crippen molar-refractivity contribution in [3.8, 4) is 0 Å². The third-order valence-electron chi connectivity index (χ3n) is 1.92. The molecule has 0 radical (unpaired) electrons. The van der Waals surface area contributed by atoms with E-state index < -0.39 is 11.9 Å². The van der Waals surface area contributed by atoms with E-state index in [1.165, 1.54) is 6.08 Å². The number of rotatable bonds is 5. The van der Waals surface area contributed by atoms with Crippen molar-refractivity contribution in [2.24, 2.45) is 0 Å². The number of esters is 2. The van der Waals surface area contributed by atoms with Crippen molar-refractivity contribution in [3.05, 3.63) is 40.9 Å². The highest BCUT2D eigenvalue weighted by Crippen LogP contribution is 2.10. The predicted molar refractivity (Wildman–Crippen MR) is 68.1 cm³/mol. The van der Waals surface area contributed by atoms with Crippen molar-refractivity contribution < 1.29 is 19.1 Å². The summed E-state index contributed by atoms with van der Waals surface area (Å²) in [7, 11) is 0. The number of carbonyl (C=O) groups excluding carboxylic acids is 2. The van der Waals surface area contributed by atoms with E-state index in [-0.39, 0.29) is 13.2 Å². The van der Waals surface area contributed by atoms with Crippen molar-refractivity contribution in [1.29, 1.82) is 0 Å². The van der Waals surface area contributed by atoms with Gasteiger partial charge in [0.15, 0.2) is 6.61 Å². The zero-order valence-corrected chi connectivity index (χ0v) is 10.6. The second-order valence-electron chi connectivity index (χ2n) is 3.30. The fourth-order valence-electron chi connectivity index (χ4n) is 1.12. The first-order chi connectivity index (χ1) is 8.61. The fraction of sp³-hybridized carbons (Fsp3) is 0.231. The number of benzene rings is 1. The molecular weight excluding hydrogens is 256 g/mol. The fourth-order valence-corrected chi connectivity index (χ4v) is 1.24. The Morgan fingerprint density at radius 2 is 1.89 bits per heavy atom. The molecule has 0 saturated carbocycles. The quantitative estimate of drug-likeness (QED) is 0.608. The molecule has 0 unspecified atom stereocenters. The molecular formula is C13H13ClO4. The standard InChI is InChI=1S/C13H13ClO4/c1-2-17-13(16)9-18-12(15)8-5-10-3-6-11(14)7-4-10/h3-8H,2,9H2,1H3. The summed E-state index contributed by atoms with van der Waals surface area (Å²) in [6.07, 6.45) is 2.81. The molecule has 0 heterocycles. The van der Waals surface area contributed by atoms with Gasteiger partial charge in [-0.2, -0.15) is 0 Å². The van der Waals surface area contributed by atoms with Crippen LogP contribution in [-0.4, -0.2) is 25.2 Å². The Hall–Kier alpha value is -1.81. The summed E-state index contributed by atoms with van der Waals surface area (Å²) in [4.78, 5) is 22.2. The van der Waals surface area contributed by atoms with Gasteiger partial charge in [-0.15, -0.1) is 0 Å². The van der Waals surface area contributed by atoms with Gasteiger partial charge in [-0.1, -0.05) is 23.7 Å². The van der Waals surface area contributed by atoms with Gasteiger partial charge in [0.1, 0.15) is 0 Å². The molecule has 0 fully saturated rings. The molecule has 0 amide bonds. The highest BCUT2D eigenvalue weighted by molar-refractivity contribution is 6.30. The zero-order chi connectivity index (χ0) is 13.4. The molecule has 0 aliphatic rings. The van der Waals surface area contributed by atoms with Crippen molar-refractivity contribution in [2.75, 3.05) is 13.2 Å². The Kier molecular flexibility index (Phi) is 5.94. The smallest absolute Gasteiger partial charge is 0.344 e. The summed E-state index contributed by atoms with van der Waals surface area (Å²) < 4.78 is 9.29. The van der Waals surface area contributed by atoms with E-state index in [1.54, 1.807) is 37.3 Å². The Morgan fingerprint density at radius 1 is 1.22 bits per heavy atom. The lowest BCUT2D eigenvalue weighted by Gasteiger charge is -2.01. The first-order valence-electron chi connectivity index (χ1n) is 5.38. The van der Waals surface area contributed by atoms with Crippen LogP contribution in [0.3, 0.4) is 0 Å². The van der Waals surface area contributed by atoms with Crippen LogP contribution in [0.4, 0.5) is 0 Å². The Balaban J connectivity index is 2.40. The van der Waals surface area contributed by atoms with E-state index in [0.717, 1.165) is 5.56 Å². The summed E-state index contributed by atoms with van der Waals surface area (Å²) >= 11 is 5.72. The number of carbonyl (C=O) groups is 2. The topological polar surface area (TPSA) is 52.6 Å². The maximum absolute atomic E-state index is 11.2. The molecule has 0 aliphatic heterocycles. The molecule has 1 rings (SSSR count). The molecule has 4 nitrogen and oxygen atoms in total. The van der Waals surface area contributed by atoms with Crippen LogP contribution >= 0.6 is 11.6 Å². The average molecular weight is 269 g/mol. The zero-order valence-electron chi connectivity index (χ0n) is 9.89. The van der Waals surface area contributed by atoms with Crippen LogP contribution in [0.2, 0.25) is 5.02 Å². The second kappa shape index (κ2) is 7.50. The number of hydrogen-bond donors (Lipinski definition) is 0. The molecule has 18 heavy (non-hydrogen) atoms. The van der Waals surface area contributed by atoms with Crippen molar-refractivity contribution in [1.82, 2.24) is 0 Å². The van der Waals surface area contributed by atoms with Crippen molar-refractivity contribution in [2.45, 2.75) is 6.92 Å². The Bertz CT molecular complexity index is 437. The lowest BCUT2D eigenvalue weighted by atomic mass is 10.2. The largest absolute Gasteiger partial charge is 0.463 e. The summed E-state index contributed by atoms with van der Waals surface area (Å²) in [5, 5.41) is 0.622. The van der Waals surface area contributed by atoms with E-state index in [2.05, 4.69) is 9.47 Å². The average Bonchev–Trinajstić information content (AvgIpc) is 2.36. The van der Waals surface area contributed by atoms with Crippen molar-refractivity contribution in [3.63, 3.8) is 0 Å². The van der Waals surface area contributed by atoms with E-state index in [4.69, 9.17) is 11.6 Å². The number of hydrogen-bond acceptors (Lipinski definition) is 4. The van der Waals surface area contributed by atoms with Gasteiger partial charge in [0, 0.05) is 11.1 Å². The molecule has 0 aliphatic carbocycles. The van der Waals surface area contributed by atoms with Crippen LogP contribution in [-0.2, 0) is 19.1 Å². The second-order valence-corrected chi connectivity index (χ2v) is 3.73. The van der Waals surface area contributed by atoms with Crippen LogP contribution in [0.25, 0.3) is 6.08 Å². The van der Waals surface area contributed by atoms with Crippen LogP contribution in [0.5, 0.6) is 0 Å². The molecule has 0 atom stereocenters. The monoisotopic (exact) mass is 268 g/mol. The maximum Gasteiger partial charge on any atom is 0.344 e. The first-order valence-corrected chi connectivity index (χ1v) is 5.75. The van der Waals surface area contributed by atoms with E-state index >= 15 is 0 Å². The molecule has 5 heteroatoms. The van der Waals surface area contributed by atoms with Gasteiger partial charge in [0.25, 0.3) is 0 Å². The minimum absolute atomic E-state index is 0.261. The summed E-state index contributed by atoms with van der Waals surface area (Å²) in [6, 6.07) is 6.95. The van der Waals surface area contributed by atoms with Crippen LogP contribution in [0.15, 0.2) is 30.3 Å².